The summed E-state index contributed by atoms with van der Waals surface area (Å²) in [7, 11) is 0. The van der Waals surface area contributed by atoms with Crippen LogP contribution in [0.3, 0.4) is 0 Å². The van der Waals surface area contributed by atoms with Gasteiger partial charge in [0.15, 0.2) is 0 Å². The van der Waals surface area contributed by atoms with E-state index in [1.165, 1.54) is 5.57 Å². The van der Waals surface area contributed by atoms with Crippen molar-refractivity contribution in [3.8, 4) is 0 Å². The molecule has 0 heteroatoms. The molecule has 0 unspecified atom stereocenters. The molecule has 0 aromatic carbocycles. The second-order valence-corrected chi connectivity index (χ2v) is 2.82. The Hall–Kier alpha value is -1.56. The molecule has 0 fully saturated rings. The van der Waals surface area contributed by atoms with Crippen molar-refractivity contribution in [2.75, 3.05) is 0 Å². The van der Waals surface area contributed by atoms with Gasteiger partial charge in [-0.05, 0) is 25.0 Å². The van der Waals surface area contributed by atoms with E-state index in [1.807, 2.05) is 77.2 Å². The first-order chi connectivity index (χ1) is 8.76. The number of rotatable bonds is 5. The minimum Gasteiger partial charge on any atom is -0.0991 e. The lowest BCUT2D eigenvalue weighted by Crippen LogP contribution is -1.78. The van der Waals surface area contributed by atoms with Gasteiger partial charge in [0, 0.05) is 0 Å². The molecule has 0 amide bonds. The molecule has 0 nitrogen and oxygen atoms in total. The number of hydrogen-bond donors (Lipinski definition) is 0. The maximum atomic E-state index is 3.78. The van der Waals surface area contributed by atoms with Crippen LogP contribution in [0.25, 0.3) is 0 Å². The maximum absolute atomic E-state index is 3.78. The molecule has 0 radical (unpaired) electrons. The first kappa shape index (κ1) is 26.1. The summed E-state index contributed by atoms with van der Waals surface area (Å²) in [5.74, 6) is 0. The minimum atomic E-state index is 0. The van der Waals surface area contributed by atoms with E-state index in [1.54, 1.807) is 6.08 Å². The van der Waals surface area contributed by atoms with Crippen molar-refractivity contribution in [2.45, 2.75) is 49.0 Å². The van der Waals surface area contributed by atoms with E-state index in [0.717, 1.165) is 5.57 Å². The quantitative estimate of drug-likeness (QED) is 0.465. The van der Waals surface area contributed by atoms with E-state index in [9.17, 15) is 0 Å². The molecule has 0 aliphatic heterocycles. The third-order valence-corrected chi connectivity index (χ3v) is 1.74. The lowest BCUT2D eigenvalue weighted by Gasteiger charge is -1.98. The third kappa shape index (κ3) is 19.0. The zero-order valence-corrected chi connectivity index (χ0v) is 13.0. The van der Waals surface area contributed by atoms with Gasteiger partial charge >= 0.3 is 0 Å². The topological polar surface area (TPSA) is 0 Å². The molecule has 0 aliphatic rings. The molecular formula is C19H34. The van der Waals surface area contributed by atoms with Gasteiger partial charge in [-0.1, -0.05) is 96.9 Å². The zero-order valence-electron chi connectivity index (χ0n) is 13.0. The second kappa shape index (κ2) is 25.3. The minimum absolute atomic E-state index is 0. The van der Waals surface area contributed by atoms with Crippen LogP contribution in [-0.2, 0) is 0 Å². The molecule has 0 bridgehead atoms. The molecule has 0 atom stereocenters. The van der Waals surface area contributed by atoms with Gasteiger partial charge < -0.3 is 0 Å². The summed E-state index contributed by atoms with van der Waals surface area (Å²) >= 11 is 0. The zero-order chi connectivity index (χ0) is 14.8. The maximum Gasteiger partial charge on any atom is -0.0233 e. The van der Waals surface area contributed by atoms with Crippen LogP contribution in [0.15, 0.2) is 72.9 Å². The van der Waals surface area contributed by atoms with Crippen LogP contribution in [-0.4, -0.2) is 0 Å². The van der Waals surface area contributed by atoms with Crippen molar-refractivity contribution >= 4 is 0 Å². The van der Waals surface area contributed by atoms with Gasteiger partial charge in [-0.15, -0.1) is 0 Å². The van der Waals surface area contributed by atoms with Crippen LogP contribution in [0, 0.1) is 0 Å². The SMILES string of the molecule is C.C=C\C=C/C=C(C)/C(C=C)=C/C=C\C.CC.CC. The normalized spacial score (nSPS) is 10.8. The van der Waals surface area contributed by atoms with E-state index in [4.69, 9.17) is 0 Å². The lowest BCUT2D eigenvalue weighted by atomic mass is 10.1. The first-order valence-electron chi connectivity index (χ1n) is 6.68. The Morgan fingerprint density at radius 2 is 1.37 bits per heavy atom. The fourth-order valence-corrected chi connectivity index (χ4v) is 0.935. The smallest absolute Gasteiger partial charge is 0.0233 e. The predicted molar refractivity (Wildman–Crippen MR) is 95.6 cm³/mol. The Kier molecular flexibility index (Phi) is 34.8. The van der Waals surface area contributed by atoms with E-state index in [2.05, 4.69) is 20.1 Å². The Balaban J connectivity index is -0.000000204. The standard InChI is InChI=1S/C14H18.2C2H6.CH4/c1-5-8-10-11-13(4)14(7-3)12-9-6-2;2*1-2;/h5-12H,1,3H2,2,4H3;2*1-2H3;1H4/b9-6-,10-8-,13-11+,14-12+;;;. The second-order valence-electron chi connectivity index (χ2n) is 2.82. The van der Waals surface area contributed by atoms with E-state index in [0.29, 0.717) is 0 Å². The Morgan fingerprint density at radius 3 is 1.74 bits per heavy atom. The fraction of sp³-hybridized carbons (Fsp3) is 0.368. The fourth-order valence-electron chi connectivity index (χ4n) is 0.935. The van der Waals surface area contributed by atoms with Gasteiger partial charge in [0.05, 0.1) is 0 Å². The van der Waals surface area contributed by atoms with Gasteiger partial charge in [-0.25, -0.2) is 0 Å². The highest BCUT2D eigenvalue weighted by Crippen LogP contribution is 2.10. The molecule has 0 spiro atoms. The lowest BCUT2D eigenvalue weighted by molar-refractivity contribution is 1.43. The van der Waals surface area contributed by atoms with Gasteiger partial charge in [-0.3, -0.25) is 0 Å². The molecule has 0 rings (SSSR count). The van der Waals surface area contributed by atoms with Crippen molar-refractivity contribution < 1.29 is 0 Å². The highest BCUT2D eigenvalue weighted by atomic mass is 14.0. The van der Waals surface area contributed by atoms with Crippen LogP contribution < -0.4 is 0 Å². The van der Waals surface area contributed by atoms with Crippen LogP contribution in [0.2, 0.25) is 0 Å². The molecule has 0 aromatic rings. The van der Waals surface area contributed by atoms with Crippen molar-refractivity contribution in [2.24, 2.45) is 0 Å². The molecular weight excluding hydrogens is 228 g/mol. The van der Waals surface area contributed by atoms with Crippen molar-refractivity contribution in [3.05, 3.63) is 72.9 Å². The molecule has 0 N–H and O–H groups in total. The van der Waals surface area contributed by atoms with Gasteiger partial charge in [0.2, 0.25) is 0 Å². The van der Waals surface area contributed by atoms with Crippen LogP contribution in [0.1, 0.15) is 49.0 Å². The van der Waals surface area contributed by atoms with E-state index in [-0.39, 0.29) is 7.43 Å². The molecule has 0 aromatic heterocycles. The molecule has 0 saturated heterocycles. The molecule has 19 heavy (non-hydrogen) atoms. The largest absolute Gasteiger partial charge is 0.0991 e. The Labute approximate surface area is 122 Å². The van der Waals surface area contributed by atoms with Crippen molar-refractivity contribution in [1.29, 1.82) is 0 Å². The third-order valence-electron chi connectivity index (χ3n) is 1.74. The summed E-state index contributed by atoms with van der Waals surface area (Å²) in [5.41, 5.74) is 2.33. The highest BCUT2D eigenvalue weighted by Gasteiger charge is 1.90. The van der Waals surface area contributed by atoms with Gasteiger partial charge in [0.25, 0.3) is 0 Å². The molecule has 0 heterocycles. The molecule has 0 saturated carbocycles. The summed E-state index contributed by atoms with van der Waals surface area (Å²) in [6, 6.07) is 0. The average molecular weight is 262 g/mol. The molecule has 110 valence electrons. The van der Waals surface area contributed by atoms with Gasteiger partial charge in [-0.2, -0.15) is 0 Å². The van der Waals surface area contributed by atoms with E-state index < -0.39 is 0 Å². The van der Waals surface area contributed by atoms with Crippen molar-refractivity contribution in [1.82, 2.24) is 0 Å². The number of allylic oxidation sites excluding steroid dienone is 10. The molecule has 0 aliphatic carbocycles. The average Bonchev–Trinajstić information content (AvgIpc) is 2.44. The van der Waals surface area contributed by atoms with Crippen LogP contribution in [0.4, 0.5) is 0 Å². The predicted octanol–water partition coefficient (Wildman–Crippen LogP) is 7.05. The highest BCUT2D eigenvalue weighted by molar-refractivity contribution is 5.41. The van der Waals surface area contributed by atoms with Gasteiger partial charge in [0.1, 0.15) is 0 Å². The van der Waals surface area contributed by atoms with Crippen LogP contribution >= 0.6 is 0 Å². The number of hydrogen-bond acceptors (Lipinski definition) is 0. The van der Waals surface area contributed by atoms with Crippen molar-refractivity contribution in [3.63, 3.8) is 0 Å². The Bertz CT molecular complexity index is 296. The van der Waals surface area contributed by atoms with Crippen LogP contribution in [0.5, 0.6) is 0 Å². The van der Waals surface area contributed by atoms with E-state index >= 15 is 0 Å². The summed E-state index contributed by atoms with van der Waals surface area (Å²) in [4.78, 5) is 0. The Morgan fingerprint density at radius 1 is 0.842 bits per heavy atom. The summed E-state index contributed by atoms with van der Waals surface area (Å²) in [5, 5.41) is 0. The monoisotopic (exact) mass is 262 g/mol. The first-order valence-corrected chi connectivity index (χ1v) is 6.68. The summed E-state index contributed by atoms with van der Waals surface area (Å²) in [6.45, 7) is 19.4. The summed E-state index contributed by atoms with van der Waals surface area (Å²) in [6.07, 6.45) is 15.6. The summed E-state index contributed by atoms with van der Waals surface area (Å²) < 4.78 is 0.